The minimum atomic E-state index is -0.146. The SMILES string of the molecule is CC(NC(=O)c1cccc2c1-c1ccccc1/C2=N/O)c1ccccc1. The van der Waals surface area contributed by atoms with E-state index in [1.54, 1.807) is 0 Å². The maximum atomic E-state index is 13.0. The molecule has 4 heteroatoms. The molecule has 0 aliphatic heterocycles. The zero-order valence-electron chi connectivity index (χ0n) is 14.3. The highest BCUT2D eigenvalue weighted by Gasteiger charge is 2.29. The van der Waals surface area contributed by atoms with E-state index < -0.39 is 0 Å². The number of hydrogen-bond donors (Lipinski definition) is 2. The molecule has 0 saturated heterocycles. The van der Waals surface area contributed by atoms with Gasteiger partial charge in [-0.05, 0) is 24.1 Å². The van der Waals surface area contributed by atoms with Crippen molar-refractivity contribution < 1.29 is 10.0 Å². The molecule has 3 aromatic rings. The van der Waals surface area contributed by atoms with Crippen molar-refractivity contribution in [1.82, 2.24) is 5.32 Å². The van der Waals surface area contributed by atoms with Crippen LogP contribution in [0.3, 0.4) is 0 Å². The number of nitrogens with one attached hydrogen (secondary N) is 1. The fourth-order valence-corrected chi connectivity index (χ4v) is 3.49. The minimum absolute atomic E-state index is 0.109. The first-order chi connectivity index (χ1) is 12.7. The summed E-state index contributed by atoms with van der Waals surface area (Å²) in [6, 6.07) is 22.9. The molecule has 0 heterocycles. The Labute approximate surface area is 151 Å². The number of hydrogen-bond acceptors (Lipinski definition) is 3. The maximum Gasteiger partial charge on any atom is 0.252 e. The van der Waals surface area contributed by atoms with E-state index in [-0.39, 0.29) is 11.9 Å². The monoisotopic (exact) mass is 342 g/mol. The zero-order valence-corrected chi connectivity index (χ0v) is 14.3. The average molecular weight is 342 g/mol. The Bertz CT molecular complexity index is 1010. The second kappa shape index (κ2) is 6.48. The first-order valence-corrected chi connectivity index (χ1v) is 8.51. The van der Waals surface area contributed by atoms with Crippen molar-refractivity contribution in [3.05, 3.63) is 95.1 Å². The standard InChI is InChI=1S/C22H18N2O2/c1-14(15-8-3-2-4-9-15)23-22(25)19-13-7-12-18-20(19)16-10-5-6-11-17(16)21(18)24-26/h2-14,26H,1H3,(H,23,25)/b24-21-. The summed E-state index contributed by atoms with van der Waals surface area (Å²) in [5.41, 5.74) is 5.46. The molecule has 1 aliphatic rings. The van der Waals surface area contributed by atoms with E-state index in [1.807, 2.05) is 79.7 Å². The fraction of sp³-hybridized carbons (Fsp3) is 0.0909. The van der Waals surface area contributed by atoms with Gasteiger partial charge in [0.15, 0.2) is 0 Å². The fourth-order valence-electron chi connectivity index (χ4n) is 3.49. The number of benzene rings is 3. The molecule has 0 fully saturated rings. The summed E-state index contributed by atoms with van der Waals surface area (Å²) in [7, 11) is 0. The second-order valence-electron chi connectivity index (χ2n) is 6.33. The molecule has 4 rings (SSSR count). The van der Waals surface area contributed by atoms with Crippen LogP contribution in [-0.4, -0.2) is 16.8 Å². The number of carbonyl (C=O) groups is 1. The van der Waals surface area contributed by atoms with Gasteiger partial charge in [-0.15, -0.1) is 0 Å². The topological polar surface area (TPSA) is 61.7 Å². The highest BCUT2D eigenvalue weighted by molar-refractivity contribution is 6.26. The van der Waals surface area contributed by atoms with Crippen LogP contribution in [0.2, 0.25) is 0 Å². The van der Waals surface area contributed by atoms with E-state index in [0.717, 1.165) is 27.8 Å². The van der Waals surface area contributed by atoms with E-state index in [9.17, 15) is 10.0 Å². The normalized spacial score (nSPS) is 14.6. The van der Waals surface area contributed by atoms with Crippen LogP contribution in [0, 0.1) is 0 Å². The molecular weight excluding hydrogens is 324 g/mol. The molecule has 2 N–H and O–H groups in total. The number of rotatable bonds is 3. The predicted octanol–water partition coefficient (Wildman–Crippen LogP) is 4.38. The van der Waals surface area contributed by atoms with Gasteiger partial charge in [0, 0.05) is 22.3 Å². The molecule has 0 spiro atoms. The number of fused-ring (bicyclic) bond motifs is 3. The van der Waals surface area contributed by atoms with E-state index in [0.29, 0.717) is 11.3 Å². The van der Waals surface area contributed by atoms with Crippen molar-refractivity contribution in [1.29, 1.82) is 0 Å². The van der Waals surface area contributed by atoms with Crippen molar-refractivity contribution in [2.45, 2.75) is 13.0 Å². The van der Waals surface area contributed by atoms with Crippen molar-refractivity contribution in [2.24, 2.45) is 5.16 Å². The molecule has 1 atom stereocenters. The Kier molecular flexibility index (Phi) is 4.01. The van der Waals surface area contributed by atoms with Crippen molar-refractivity contribution in [3.8, 4) is 11.1 Å². The van der Waals surface area contributed by atoms with Crippen LogP contribution in [0.15, 0.2) is 78.0 Å². The van der Waals surface area contributed by atoms with Crippen molar-refractivity contribution in [2.75, 3.05) is 0 Å². The molecule has 0 radical (unpaired) electrons. The number of oxime groups is 1. The lowest BCUT2D eigenvalue weighted by molar-refractivity contribution is 0.0940. The molecule has 3 aromatic carbocycles. The van der Waals surface area contributed by atoms with Gasteiger partial charge in [0.2, 0.25) is 0 Å². The van der Waals surface area contributed by atoms with Crippen LogP contribution in [-0.2, 0) is 0 Å². The number of carbonyl (C=O) groups excluding carboxylic acids is 1. The molecule has 26 heavy (non-hydrogen) atoms. The summed E-state index contributed by atoms with van der Waals surface area (Å²) in [4.78, 5) is 13.0. The molecule has 0 aromatic heterocycles. The van der Waals surface area contributed by atoms with Crippen LogP contribution in [0.4, 0.5) is 0 Å². The summed E-state index contributed by atoms with van der Waals surface area (Å²) < 4.78 is 0. The van der Waals surface area contributed by atoms with Crippen LogP contribution < -0.4 is 5.32 Å². The van der Waals surface area contributed by atoms with Crippen LogP contribution >= 0.6 is 0 Å². The van der Waals surface area contributed by atoms with Crippen molar-refractivity contribution >= 4 is 11.6 Å². The van der Waals surface area contributed by atoms with Crippen LogP contribution in [0.1, 0.15) is 40.0 Å². The van der Waals surface area contributed by atoms with Gasteiger partial charge < -0.3 is 10.5 Å². The molecule has 4 nitrogen and oxygen atoms in total. The van der Waals surface area contributed by atoms with Gasteiger partial charge in [-0.3, -0.25) is 4.79 Å². The Balaban J connectivity index is 1.74. The smallest absolute Gasteiger partial charge is 0.252 e. The Morgan fingerprint density at radius 1 is 0.885 bits per heavy atom. The van der Waals surface area contributed by atoms with Gasteiger partial charge in [-0.25, -0.2) is 0 Å². The van der Waals surface area contributed by atoms with E-state index in [4.69, 9.17) is 0 Å². The van der Waals surface area contributed by atoms with E-state index in [2.05, 4.69) is 10.5 Å². The quantitative estimate of drug-likeness (QED) is 0.429. The summed E-state index contributed by atoms with van der Waals surface area (Å²) in [5.74, 6) is -0.146. The molecule has 128 valence electrons. The highest BCUT2D eigenvalue weighted by Crippen LogP contribution is 2.39. The minimum Gasteiger partial charge on any atom is -0.410 e. The predicted molar refractivity (Wildman–Crippen MR) is 102 cm³/mol. The molecular formula is C22H18N2O2. The third kappa shape index (κ3) is 2.56. The van der Waals surface area contributed by atoms with E-state index >= 15 is 0 Å². The number of amides is 1. The Morgan fingerprint density at radius 3 is 2.27 bits per heavy atom. The second-order valence-corrected chi connectivity index (χ2v) is 6.33. The lowest BCUT2D eigenvalue weighted by Crippen LogP contribution is -2.27. The molecule has 1 unspecified atom stereocenters. The summed E-state index contributed by atoms with van der Waals surface area (Å²) in [6.45, 7) is 1.96. The van der Waals surface area contributed by atoms with Gasteiger partial charge in [0.05, 0.1) is 6.04 Å². The third-order valence-electron chi connectivity index (χ3n) is 4.76. The van der Waals surface area contributed by atoms with Gasteiger partial charge in [-0.1, -0.05) is 71.9 Å². The van der Waals surface area contributed by atoms with Crippen LogP contribution in [0.5, 0.6) is 0 Å². The zero-order chi connectivity index (χ0) is 18.1. The number of nitrogens with zero attached hydrogens (tertiary/aromatic N) is 1. The summed E-state index contributed by atoms with van der Waals surface area (Å²) in [6.07, 6.45) is 0. The van der Waals surface area contributed by atoms with E-state index in [1.165, 1.54) is 0 Å². The Morgan fingerprint density at radius 2 is 1.54 bits per heavy atom. The third-order valence-corrected chi connectivity index (χ3v) is 4.76. The van der Waals surface area contributed by atoms with Gasteiger partial charge in [-0.2, -0.15) is 0 Å². The maximum absolute atomic E-state index is 13.0. The average Bonchev–Trinajstić information content (AvgIpc) is 3.02. The highest BCUT2D eigenvalue weighted by atomic mass is 16.4. The lowest BCUT2D eigenvalue weighted by Gasteiger charge is -2.16. The molecule has 1 amide bonds. The molecule has 0 bridgehead atoms. The Hall–Kier alpha value is -3.40. The summed E-state index contributed by atoms with van der Waals surface area (Å²) in [5, 5.41) is 16.0. The first kappa shape index (κ1) is 16.1. The molecule has 0 saturated carbocycles. The van der Waals surface area contributed by atoms with Crippen molar-refractivity contribution in [3.63, 3.8) is 0 Å². The lowest BCUT2D eigenvalue weighted by atomic mass is 9.98. The molecule has 1 aliphatic carbocycles. The summed E-state index contributed by atoms with van der Waals surface area (Å²) >= 11 is 0. The van der Waals surface area contributed by atoms with Gasteiger partial charge in [0.25, 0.3) is 5.91 Å². The van der Waals surface area contributed by atoms with Gasteiger partial charge in [0.1, 0.15) is 5.71 Å². The largest absolute Gasteiger partial charge is 0.410 e. The first-order valence-electron chi connectivity index (χ1n) is 8.51. The van der Waals surface area contributed by atoms with Crippen LogP contribution in [0.25, 0.3) is 11.1 Å². The van der Waals surface area contributed by atoms with Gasteiger partial charge >= 0.3 is 0 Å².